The molecule has 2 unspecified atom stereocenters. The van der Waals surface area contributed by atoms with Crippen LogP contribution in [0.4, 0.5) is 0 Å². The number of nitrogens with one attached hydrogen (secondary N) is 1. The van der Waals surface area contributed by atoms with Gasteiger partial charge >= 0.3 is 0 Å². The van der Waals surface area contributed by atoms with Crippen LogP contribution in [0.3, 0.4) is 0 Å². The predicted octanol–water partition coefficient (Wildman–Crippen LogP) is -0.522. The minimum absolute atomic E-state index is 0.247. The van der Waals surface area contributed by atoms with Crippen LogP contribution in [0.2, 0.25) is 0 Å². The van der Waals surface area contributed by atoms with Gasteiger partial charge in [0, 0.05) is 12.3 Å². The first-order valence-electron chi connectivity index (χ1n) is 3.36. The van der Waals surface area contributed by atoms with E-state index in [1.807, 2.05) is 6.21 Å². The Hall–Kier alpha value is -0.410. The summed E-state index contributed by atoms with van der Waals surface area (Å²) in [7, 11) is 0. The van der Waals surface area contributed by atoms with E-state index in [1.165, 1.54) is 6.42 Å². The highest BCUT2D eigenvalue weighted by molar-refractivity contribution is 5.71. The molecule has 0 aromatic rings. The van der Waals surface area contributed by atoms with E-state index in [9.17, 15) is 0 Å². The summed E-state index contributed by atoms with van der Waals surface area (Å²) in [5.74, 6) is 0. The Balaban J connectivity index is 2.26. The van der Waals surface area contributed by atoms with Crippen LogP contribution in [0.25, 0.3) is 0 Å². The van der Waals surface area contributed by atoms with E-state index >= 15 is 0 Å². The van der Waals surface area contributed by atoms with Gasteiger partial charge in [0.25, 0.3) is 0 Å². The fourth-order valence-electron chi connectivity index (χ4n) is 1.52. The number of hydrogen-bond acceptors (Lipinski definition) is 3. The van der Waals surface area contributed by atoms with E-state index < -0.39 is 0 Å². The Bertz CT molecular complexity index is 154. The first kappa shape index (κ1) is 5.38. The lowest BCUT2D eigenvalue weighted by molar-refractivity contribution is 0.473. The second-order valence-corrected chi connectivity index (χ2v) is 2.91. The molecular weight excluding hydrogens is 114 g/mol. The standard InChI is InChI=1S/C6H11N3/c7-6-2-1-5(9-6)3-8-4-6/h4-5,9H,1-3,7H2. The molecule has 2 rings (SSSR count). The van der Waals surface area contributed by atoms with Crippen molar-refractivity contribution in [3.8, 4) is 0 Å². The monoisotopic (exact) mass is 125 g/mol. The van der Waals surface area contributed by atoms with Gasteiger partial charge < -0.3 is 5.73 Å². The lowest BCUT2D eigenvalue weighted by Crippen LogP contribution is -2.55. The average molecular weight is 125 g/mol. The second-order valence-electron chi connectivity index (χ2n) is 2.91. The summed E-state index contributed by atoms with van der Waals surface area (Å²) in [6, 6.07) is 0.556. The van der Waals surface area contributed by atoms with Crippen LogP contribution in [-0.4, -0.2) is 24.5 Å². The number of nitrogens with two attached hydrogens (primary N) is 1. The molecule has 0 amide bonds. The summed E-state index contributed by atoms with van der Waals surface area (Å²) in [4.78, 5) is 4.16. The van der Waals surface area contributed by atoms with Gasteiger partial charge in [0.1, 0.15) is 5.66 Å². The molecule has 0 spiro atoms. The number of fused-ring (bicyclic) bond motifs is 2. The predicted molar refractivity (Wildman–Crippen MR) is 36.4 cm³/mol. The van der Waals surface area contributed by atoms with Crippen molar-refractivity contribution in [2.75, 3.05) is 6.54 Å². The Labute approximate surface area is 54.3 Å². The van der Waals surface area contributed by atoms with Crippen LogP contribution >= 0.6 is 0 Å². The molecule has 1 fully saturated rings. The zero-order valence-corrected chi connectivity index (χ0v) is 5.30. The van der Waals surface area contributed by atoms with Crippen molar-refractivity contribution < 1.29 is 0 Å². The summed E-state index contributed by atoms with van der Waals surface area (Å²) in [6.07, 6.45) is 4.06. The Kier molecular flexibility index (Phi) is 0.926. The van der Waals surface area contributed by atoms with E-state index in [1.54, 1.807) is 0 Å². The molecule has 0 aromatic heterocycles. The van der Waals surface area contributed by atoms with Crippen LogP contribution in [0.5, 0.6) is 0 Å². The van der Waals surface area contributed by atoms with Crippen molar-refractivity contribution in [3.05, 3.63) is 0 Å². The van der Waals surface area contributed by atoms with Crippen molar-refractivity contribution in [2.24, 2.45) is 10.7 Å². The second kappa shape index (κ2) is 1.55. The topological polar surface area (TPSA) is 50.4 Å². The molecule has 1 saturated heterocycles. The molecule has 0 radical (unpaired) electrons. The smallest absolute Gasteiger partial charge is 0.103 e. The zero-order valence-electron chi connectivity index (χ0n) is 5.30. The molecule has 3 N–H and O–H groups in total. The Morgan fingerprint density at radius 2 is 2.67 bits per heavy atom. The molecule has 2 aliphatic rings. The molecule has 3 heteroatoms. The fourth-order valence-corrected chi connectivity index (χ4v) is 1.52. The van der Waals surface area contributed by atoms with Crippen LogP contribution < -0.4 is 11.1 Å². The van der Waals surface area contributed by atoms with E-state index in [0.29, 0.717) is 6.04 Å². The van der Waals surface area contributed by atoms with Gasteiger partial charge in [0.2, 0.25) is 0 Å². The van der Waals surface area contributed by atoms with Gasteiger partial charge in [-0.3, -0.25) is 10.3 Å². The molecule has 2 atom stereocenters. The highest BCUT2D eigenvalue weighted by Crippen LogP contribution is 2.20. The molecule has 2 bridgehead atoms. The maximum Gasteiger partial charge on any atom is 0.103 e. The molecule has 0 aliphatic carbocycles. The molecule has 3 nitrogen and oxygen atoms in total. The number of nitrogens with zero attached hydrogens (tertiary/aromatic N) is 1. The number of hydrogen-bond donors (Lipinski definition) is 2. The minimum Gasteiger partial charge on any atom is -0.309 e. The van der Waals surface area contributed by atoms with Gasteiger partial charge in [-0.2, -0.15) is 0 Å². The number of rotatable bonds is 0. The summed E-state index contributed by atoms with van der Waals surface area (Å²) in [6.45, 7) is 0.916. The summed E-state index contributed by atoms with van der Waals surface area (Å²) in [5.41, 5.74) is 5.59. The summed E-state index contributed by atoms with van der Waals surface area (Å²) < 4.78 is 0. The van der Waals surface area contributed by atoms with Crippen LogP contribution in [0.15, 0.2) is 4.99 Å². The van der Waals surface area contributed by atoms with Crippen LogP contribution in [0.1, 0.15) is 12.8 Å². The zero-order chi connectivity index (χ0) is 6.32. The van der Waals surface area contributed by atoms with Crippen LogP contribution in [-0.2, 0) is 0 Å². The van der Waals surface area contributed by atoms with Crippen molar-refractivity contribution in [1.82, 2.24) is 5.32 Å². The van der Waals surface area contributed by atoms with Gasteiger partial charge in [0.05, 0.1) is 6.54 Å². The third-order valence-electron chi connectivity index (χ3n) is 2.03. The molecular formula is C6H11N3. The number of aliphatic imine (C=N–C) groups is 1. The molecule has 50 valence electrons. The maximum absolute atomic E-state index is 5.84. The van der Waals surface area contributed by atoms with Gasteiger partial charge in [0.15, 0.2) is 0 Å². The lowest BCUT2D eigenvalue weighted by atomic mass is 10.1. The van der Waals surface area contributed by atoms with Gasteiger partial charge in [-0.1, -0.05) is 0 Å². The van der Waals surface area contributed by atoms with E-state index in [4.69, 9.17) is 5.73 Å². The molecule has 0 saturated carbocycles. The molecule has 2 heterocycles. The SMILES string of the molecule is NC12C=NCC(CC1)N2. The largest absolute Gasteiger partial charge is 0.309 e. The van der Waals surface area contributed by atoms with Crippen molar-refractivity contribution in [3.63, 3.8) is 0 Å². The van der Waals surface area contributed by atoms with E-state index in [0.717, 1.165) is 13.0 Å². The fraction of sp³-hybridized carbons (Fsp3) is 0.833. The summed E-state index contributed by atoms with van der Waals surface area (Å²) in [5, 5.41) is 3.30. The first-order valence-corrected chi connectivity index (χ1v) is 3.36. The van der Waals surface area contributed by atoms with Crippen molar-refractivity contribution in [1.29, 1.82) is 0 Å². The lowest BCUT2D eigenvalue weighted by Gasteiger charge is -2.23. The van der Waals surface area contributed by atoms with Gasteiger partial charge in [-0.05, 0) is 12.8 Å². The Morgan fingerprint density at radius 1 is 1.78 bits per heavy atom. The maximum atomic E-state index is 5.84. The van der Waals surface area contributed by atoms with E-state index in [2.05, 4.69) is 10.3 Å². The quantitative estimate of drug-likeness (QED) is 0.457. The average Bonchev–Trinajstić information content (AvgIpc) is 2.07. The highest BCUT2D eigenvalue weighted by atomic mass is 15.2. The van der Waals surface area contributed by atoms with Gasteiger partial charge in [-0.25, -0.2) is 0 Å². The highest BCUT2D eigenvalue weighted by Gasteiger charge is 2.35. The Morgan fingerprint density at radius 3 is 3.33 bits per heavy atom. The van der Waals surface area contributed by atoms with Gasteiger partial charge in [-0.15, -0.1) is 0 Å². The van der Waals surface area contributed by atoms with Crippen molar-refractivity contribution >= 4 is 6.21 Å². The molecule has 2 aliphatic heterocycles. The third kappa shape index (κ3) is 0.767. The first-order chi connectivity index (χ1) is 4.29. The van der Waals surface area contributed by atoms with E-state index in [-0.39, 0.29) is 5.66 Å². The molecule has 0 aromatic carbocycles. The van der Waals surface area contributed by atoms with Crippen LogP contribution in [0, 0.1) is 0 Å². The minimum atomic E-state index is -0.247. The summed E-state index contributed by atoms with van der Waals surface area (Å²) >= 11 is 0. The van der Waals surface area contributed by atoms with Crippen molar-refractivity contribution in [2.45, 2.75) is 24.5 Å². The normalized spacial score (nSPS) is 47.9. The molecule has 9 heavy (non-hydrogen) atoms. The third-order valence-corrected chi connectivity index (χ3v) is 2.03.